The molecule has 0 aromatic heterocycles. The van der Waals surface area contributed by atoms with Crippen LogP contribution in [0.15, 0.2) is 66.2 Å². The summed E-state index contributed by atoms with van der Waals surface area (Å²) >= 11 is 6.19. The molecule has 0 saturated heterocycles. The number of benzene rings is 3. The Kier molecular flexibility index (Phi) is 8.88. The van der Waals surface area contributed by atoms with Gasteiger partial charge in [-0.1, -0.05) is 53.6 Å². The Labute approximate surface area is 231 Å². The van der Waals surface area contributed by atoms with Crippen molar-refractivity contribution < 1.29 is 28.6 Å². The predicted octanol–water partition coefficient (Wildman–Crippen LogP) is 6.85. The molecule has 4 rings (SSSR count). The lowest BCUT2D eigenvalue weighted by Crippen LogP contribution is -2.22. The number of hydrogen-bond acceptors (Lipinski definition) is 6. The van der Waals surface area contributed by atoms with Gasteiger partial charge >= 0.3 is 18.0 Å². The number of rotatable bonds is 9. The van der Waals surface area contributed by atoms with E-state index in [-0.39, 0.29) is 19.0 Å². The Morgan fingerprint density at radius 3 is 2.49 bits per heavy atom. The third-order valence-electron chi connectivity index (χ3n) is 6.39. The largest absolute Gasteiger partial charge is 0.496 e. The Balaban J connectivity index is 1.57. The molecular weight excluding hydrogens is 520 g/mol. The van der Waals surface area contributed by atoms with E-state index < -0.39 is 12.0 Å². The maximum absolute atomic E-state index is 13.0. The zero-order valence-corrected chi connectivity index (χ0v) is 22.7. The van der Waals surface area contributed by atoms with Crippen molar-refractivity contribution in [2.24, 2.45) is 0 Å². The summed E-state index contributed by atoms with van der Waals surface area (Å²) in [6.45, 7) is 3.86. The van der Waals surface area contributed by atoms with Crippen molar-refractivity contribution in [2.45, 2.75) is 39.7 Å². The third kappa shape index (κ3) is 6.59. The molecule has 202 valence electrons. The molecule has 39 heavy (non-hydrogen) atoms. The van der Waals surface area contributed by atoms with Crippen LogP contribution in [0.25, 0.3) is 0 Å². The first-order chi connectivity index (χ1) is 18.8. The molecule has 1 aliphatic heterocycles. The number of amides is 2. The number of cyclic esters (lactones) is 1. The van der Waals surface area contributed by atoms with Gasteiger partial charge in [0.25, 0.3) is 0 Å². The first kappa shape index (κ1) is 27.7. The number of anilines is 2. The number of ether oxygens (including phenoxy) is 3. The van der Waals surface area contributed by atoms with Crippen LogP contribution in [0.3, 0.4) is 0 Å². The normalized spacial score (nSPS) is 12.4. The van der Waals surface area contributed by atoms with Crippen molar-refractivity contribution in [1.82, 2.24) is 0 Å². The van der Waals surface area contributed by atoms with Crippen LogP contribution in [0.2, 0.25) is 5.02 Å². The van der Waals surface area contributed by atoms with Crippen molar-refractivity contribution in [2.75, 3.05) is 17.7 Å². The number of methoxy groups -OCH3 is 1. The molecule has 9 heteroatoms. The van der Waals surface area contributed by atoms with E-state index in [0.29, 0.717) is 57.4 Å². The Morgan fingerprint density at radius 2 is 1.77 bits per heavy atom. The quantitative estimate of drug-likeness (QED) is 0.172. The number of urea groups is 1. The van der Waals surface area contributed by atoms with Crippen LogP contribution in [-0.4, -0.2) is 25.1 Å². The number of hydrogen-bond donors (Lipinski definition) is 2. The minimum Gasteiger partial charge on any atom is -0.496 e. The monoisotopic (exact) mass is 548 g/mol. The molecule has 0 spiro atoms. The third-order valence-corrected chi connectivity index (χ3v) is 6.72. The van der Waals surface area contributed by atoms with E-state index in [1.807, 2.05) is 26.0 Å². The van der Waals surface area contributed by atoms with Crippen LogP contribution in [0.5, 0.6) is 11.5 Å². The fraction of sp³-hybridized carbons (Fsp3) is 0.233. The second-order valence-electron chi connectivity index (χ2n) is 9.04. The summed E-state index contributed by atoms with van der Waals surface area (Å²) in [4.78, 5) is 38.0. The smallest absolute Gasteiger partial charge is 0.341 e. The van der Waals surface area contributed by atoms with Gasteiger partial charge in [-0.3, -0.25) is 4.79 Å². The van der Waals surface area contributed by atoms with E-state index >= 15 is 0 Å². The average molecular weight is 549 g/mol. The average Bonchev–Trinajstić information content (AvgIpc) is 3.31. The number of fused-ring (bicyclic) bond motifs is 1. The standard InChI is InChI=1S/C30H29ClN2O6/c1-18(14-16-25(34)39-20-9-5-4-6-10-20)13-15-21-27(33-30(36)32-24-12-8-7-11-23(24)31)26-22(17-38-29(26)35)19(2)28(21)37-3/h4-13H,14-17H2,1-3H3,(H2,32,33,36). The van der Waals surface area contributed by atoms with E-state index in [9.17, 15) is 14.4 Å². The summed E-state index contributed by atoms with van der Waals surface area (Å²) in [5.41, 5.74) is 4.03. The lowest BCUT2D eigenvalue weighted by atomic mass is 9.93. The van der Waals surface area contributed by atoms with E-state index in [1.54, 1.807) is 55.6 Å². The highest BCUT2D eigenvalue weighted by atomic mass is 35.5. The summed E-state index contributed by atoms with van der Waals surface area (Å²) in [5, 5.41) is 5.93. The summed E-state index contributed by atoms with van der Waals surface area (Å²) in [7, 11) is 1.54. The van der Waals surface area contributed by atoms with Gasteiger partial charge in [0.15, 0.2) is 0 Å². The Morgan fingerprint density at radius 1 is 1.05 bits per heavy atom. The van der Waals surface area contributed by atoms with Crippen LogP contribution < -0.4 is 20.1 Å². The summed E-state index contributed by atoms with van der Waals surface area (Å²) in [5.74, 6) is 0.198. The van der Waals surface area contributed by atoms with Crippen LogP contribution in [0.4, 0.5) is 16.2 Å². The number of para-hydroxylation sites is 2. The lowest BCUT2D eigenvalue weighted by Gasteiger charge is -2.20. The Hall–Kier alpha value is -4.30. The van der Waals surface area contributed by atoms with Crippen molar-refractivity contribution >= 4 is 40.9 Å². The zero-order chi connectivity index (χ0) is 27.9. The molecule has 0 atom stereocenters. The molecular formula is C30H29ClN2O6. The van der Waals surface area contributed by atoms with Gasteiger partial charge in [-0.2, -0.15) is 0 Å². The van der Waals surface area contributed by atoms with Gasteiger partial charge in [-0.05, 0) is 56.5 Å². The fourth-order valence-corrected chi connectivity index (χ4v) is 4.55. The Bertz CT molecular complexity index is 1440. The fourth-order valence-electron chi connectivity index (χ4n) is 4.37. The number of carbonyl (C=O) groups excluding carboxylic acids is 3. The van der Waals surface area contributed by atoms with Gasteiger partial charge < -0.3 is 24.8 Å². The van der Waals surface area contributed by atoms with Gasteiger partial charge in [-0.15, -0.1) is 0 Å². The highest BCUT2D eigenvalue weighted by molar-refractivity contribution is 6.33. The van der Waals surface area contributed by atoms with E-state index in [0.717, 1.165) is 11.1 Å². The minimum atomic E-state index is -0.568. The van der Waals surface area contributed by atoms with E-state index in [4.69, 9.17) is 25.8 Å². The first-order valence-electron chi connectivity index (χ1n) is 12.4. The number of esters is 2. The highest BCUT2D eigenvalue weighted by Gasteiger charge is 2.32. The lowest BCUT2D eigenvalue weighted by molar-refractivity contribution is -0.134. The molecule has 0 aliphatic carbocycles. The van der Waals surface area contributed by atoms with Gasteiger partial charge in [0, 0.05) is 17.5 Å². The van der Waals surface area contributed by atoms with Crippen molar-refractivity contribution in [3.63, 3.8) is 0 Å². The maximum atomic E-state index is 13.0. The maximum Gasteiger partial charge on any atom is 0.341 e. The summed E-state index contributed by atoms with van der Waals surface area (Å²) in [6.07, 6.45) is 2.97. The van der Waals surface area contributed by atoms with Crippen LogP contribution in [0, 0.1) is 6.92 Å². The van der Waals surface area contributed by atoms with Crippen LogP contribution in [0.1, 0.15) is 46.8 Å². The second-order valence-corrected chi connectivity index (χ2v) is 9.45. The van der Waals surface area contributed by atoms with Gasteiger partial charge in [-0.25, -0.2) is 9.59 Å². The molecule has 3 aromatic rings. The van der Waals surface area contributed by atoms with Crippen LogP contribution in [-0.2, 0) is 22.6 Å². The molecule has 1 aliphatic rings. The van der Waals surface area contributed by atoms with E-state index in [2.05, 4.69) is 10.6 Å². The van der Waals surface area contributed by atoms with Crippen molar-refractivity contribution in [1.29, 1.82) is 0 Å². The zero-order valence-electron chi connectivity index (χ0n) is 21.9. The molecule has 8 nitrogen and oxygen atoms in total. The topological polar surface area (TPSA) is 103 Å². The van der Waals surface area contributed by atoms with Gasteiger partial charge in [0.2, 0.25) is 0 Å². The molecule has 0 fully saturated rings. The number of nitrogens with one attached hydrogen (secondary N) is 2. The van der Waals surface area contributed by atoms with Crippen molar-refractivity contribution in [3.05, 3.63) is 93.5 Å². The van der Waals surface area contributed by atoms with Gasteiger partial charge in [0.1, 0.15) is 18.1 Å². The van der Waals surface area contributed by atoms with Crippen molar-refractivity contribution in [3.8, 4) is 11.5 Å². The summed E-state index contributed by atoms with van der Waals surface area (Å²) in [6, 6.07) is 15.2. The van der Waals surface area contributed by atoms with Gasteiger partial charge in [0.05, 0.1) is 29.1 Å². The SMILES string of the molecule is COc1c(C)c2c(c(NC(=O)Nc3ccccc3Cl)c1CC=C(C)CCC(=O)Oc1ccccc1)C(=O)OC2. The molecule has 1 heterocycles. The summed E-state index contributed by atoms with van der Waals surface area (Å²) < 4.78 is 16.4. The van der Waals surface area contributed by atoms with E-state index in [1.165, 1.54) is 0 Å². The molecule has 2 amide bonds. The molecule has 0 bridgehead atoms. The molecule has 0 saturated carbocycles. The number of halogens is 1. The highest BCUT2D eigenvalue weighted by Crippen LogP contribution is 2.41. The number of allylic oxidation sites excluding steroid dienone is 2. The first-order valence-corrected chi connectivity index (χ1v) is 12.8. The van der Waals surface area contributed by atoms with Crippen LogP contribution >= 0.6 is 11.6 Å². The minimum absolute atomic E-state index is 0.0931. The molecule has 3 aromatic carbocycles. The second kappa shape index (κ2) is 12.5. The molecule has 0 unspecified atom stereocenters. The number of carbonyl (C=O) groups is 3. The predicted molar refractivity (Wildman–Crippen MR) is 150 cm³/mol. The molecule has 2 N–H and O–H groups in total. The molecule has 0 radical (unpaired) electrons.